The van der Waals surface area contributed by atoms with Gasteiger partial charge < -0.3 is 5.11 Å². The second kappa shape index (κ2) is 4.97. The molecule has 3 atom stereocenters. The van der Waals surface area contributed by atoms with Crippen LogP contribution in [0.3, 0.4) is 0 Å². The quantitative estimate of drug-likeness (QED) is 0.714. The number of aliphatic hydroxyl groups excluding tert-OH is 1. The lowest BCUT2D eigenvalue weighted by molar-refractivity contribution is 0.204. The average Bonchev–Trinajstić information content (AvgIpc) is 2.50. The fourth-order valence-corrected chi connectivity index (χ4v) is 3.66. The van der Waals surface area contributed by atoms with Crippen molar-refractivity contribution < 1.29 is 5.11 Å². The molecule has 0 amide bonds. The molecule has 17 heavy (non-hydrogen) atoms. The number of fused-ring (bicyclic) bond motifs is 1. The van der Waals surface area contributed by atoms with E-state index in [1.54, 1.807) is 5.57 Å². The van der Waals surface area contributed by atoms with Gasteiger partial charge in [-0.1, -0.05) is 32.1 Å². The van der Waals surface area contributed by atoms with Crippen LogP contribution in [-0.4, -0.2) is 11.7 Å². The zero-order chi connectivity index (χ0) is 12.5. The molecule has 1 fully saturated rings. The van der Waals surface area contributed by atoms with E-state index in [4.69, 9.17) is 0 Å². The predicted octanol–water partition coefficient (Wildman–Crippen LogP) is 4.09. The van der Waals surface area contributed by atoms with E-state index >= 15 is 0 Å². The highest BCUT2D eigenvalue weighted by Crippen LogP contribution is 2.50. The van der Waals surface area contributed by atoms with E-state index in [2.05, 4.69) is 26.5 Å². The predicted molar refractivity (Wildman–Crippen MR) is 72.8 cm³/mol. The Bertz CT molecular complexity index is 328. The van der Waals surface area contributed by atoms with Crippen LogP contribution in [0.25, 0.3) is 0 Å². The first-order chi connectivity index (χ1) is 8.08. The standard InChI is InChI=1S/C16H26O/c1-12(11-17)14-7-8-15-6-4-5-13(2)16(15,3)10-9-14/h6,13-14,17H,1,4-5,7-11H2,2-3H3/t13-,14?,16+/m1/s1. The van der Waals surface area contributed by atoms with Crippen LogP contribution < -0.4 is 0 Å². The van der Waals surface area contributed by atoms with Crippen molar-refractivity contribution in [3.8, 4) is 0 Å². The van der Waals surface area contributed by atoms with Crippen LogP contribution in [0.1, 0.15) is 52.4 Å². The summed E-state index contributed by atoms with van der Waals surface area (Å²) in [6.45, 7) is 9.05. The third kappa shape index (κ3) is 2.35. The molecule has 0 aromatic carbocycles. The number of aliphatic hydroxyl groups is 1. The van der Waals surface area contributed by atoms with Crippen LogP contribution in [0.2, 0.25) is 0 Å². The van der Waals surface area contributed by atoms with Gasteiger partial charge in [0.2, 0.25) is 0 Å². The summed E-state index contributed by atoms with van der Waals surface area (Å²) in [5.41, 5.74) is 3.15. The van der Waals surface area contributed by atoms with Crippen molar-refractivity contribution in [2.24, 2.45) is 17.3 Å². The summed E-state index contributed by atoms with van der Waals surface area (Å²) in [7, 11) is 0. The maximum atomic E-state index is 9.24. The summed E-state index contributed by atoms with van der Waals surface area (Å²) in [6.07, 6.45) is 9.97. The molecule has 1 unspecified atom stereocenters. The Morgan fingerprint density at radius 1 is 1.47 bits per heavy atom. The molecule has 0 radical (unpaired) electrons. The van der Waals surface area contributed by atoms with Gasteiger partial charge in [-0.2, -0.15) is 0 Å². The molecule has 0 bridgehead atoms. The molecular formula is C16H26O. The van der Waals surface area contributed by atoms with Gasteiger partial charge in [0, 0.05) is 0 Å². The van der Waals surface area contributed by atoms with Gasteiger partial charge in [0.25, 0.3) is 0 Å². The van der Waals surface area contributed by atoms with Gasteiger partial charge in [-0.25, -0.2) is 0 Å². The number of hydrogen-bond acceptors (Lipinski definition) is 1. The Labute approximate surface area is 106 Å². The van der Waals surface area contributed by atoms with Crippen LogP contribution >= 0.6 is 0 Å². The molecule has 2 aliphatic carbocycles. The van der Waals surface area contributed by atoms with Crippen molar-refractivity contribution in [1.82, 2.24) is 0 Å². The van der Waals surface area contributed by atoms with E-state index in [1.165, 1.54) is 38.5 Å². The Kier molecular flexibility index (Phi) is 3.77. The molecule has 1 N–H and O–H groups in total. The Balaban J connectivity index is 2.16. The summed E-state index contributed by atoms with van der Waals surface area (Å²) in [5.74, 6) is 1.35. The van der Waals surface area contributed by atoms with E-state index in [1.807, 2.05) is 0 Å². The van der Waals surface area contributed by atoms with Gasteiger partial charge in [0.15, 0.2) is 0 Å². The molecule has 0 heterocycles. The zero-order valence-electron chi connectivity index (χ0n) is 11.3. The normalized spacial score (nSPS) is 37.9. The van der Waals surface area contributed by atoms with Crippen molar-refractivity contribution in [1.29, 1.82) is 0 Å². The van der Waals surface area contributed by atoms with Crippen LogP contribution in [-0.2, 0) is 0 Å². The van der Waals surface area contributed by atoms with Crippen molar-refractivity contribution in [3.63, 3.8) is 0 Å². The van der Waals surface area contributed by atoms with Gasteiger partial charge in [-0.15, -0.1) is 0 Å². The molecule has 1 nitrogen and oxygen atoms in total. The Hall–Kier alpha value is -0.560. The van der Waals surface area contributed by atoms with Gasteiger partial charge in [-0.05, 0) is 61.3 Å². The van der Waals surface area contributed by atoms with Gasteiger partial charge in [0.05, 0.1) is 6.61 Å². The number of hydrogen-bond donors (Lipinski definition) is 1. The van der Waals surface area contributed by atoms with E-state index < -0.39 is 0 Å². The second-order valence-corrected chi connectivity index (χ2v) is 6.22. The van der Waals surface area contributed by atoms with Crippen molar-refractivity contribution in [2.75, 3.05) is 6.61 Å². The molecular weight excluding hydrogens is 208 g/mol. The molecule has 1 saturated carbocycles. The smallest absolute Gasteiger partial charge is 0.0641 e. The van der Waals surface area contributed by atoms with Gasteiger partial charge in [0.1, 0.15) is 0 Å². The van der Waals surface area contributed by atoms with E-state index in [9.17, 15) is 5.11 Å². The van der Waals surface area contributed by atoms with E-state index in [-0.39, 0.29) is 6.61 Å². The van der Waals surface area contributed by atoms with Crippen molar-refractivity contribution >= 4 is 0 Å². The minimum Gasteiger partial charge on any atom is -0.392 e. The number of rotatable bonds is 2. The molecule has 2 aliphatic rings. The molecule has 2 rings (SSSR count). The van der Waals surface area contributed by atoms with Gasteiger partial charge in [-0.3, -0.25) is 0 Å². The van der Waals surface area contributed by atoms with E-state index in [0.717, 1.165) is 11.5 Å². The molecule has 0 spiro atoms. The third-order valence-corrected chi connectivity index (χ3v) is 5.37. The van der Waals surface area contributed by atoms with Crippen molar-refractivity contribution in [3.05, 3.63) is 23.8 Å². The third-order valence-electron chi connectivity index (χ3n) is 5.37. The molecule has 0 aliphatic heterocycles. The SMILES string of the molecule is C=C(CO)C1CCC2=CCC[C@@H](C)[C@]2(C)CC1. The lowest BCUT2D eigenvalue weighted by Gasteiger charge is -2.40. The minimum absolute atomic E-state index is 0.163. The lowest BCUT2D eigenvalue weighted by atomic mass is 9.65. The van der Waals surface area contributed by atoms with Crippen LogP contribution in [0, 0.1) is 17.3 Å². The maximum Gasteiger partial charge on any atom is 0.0641 e. The second-order valence-electron chi connectivity index (χ2n) is 6.22. The Morgan fingerprint density at radius 3 is 2.94 bits per heavy atom. The number of allylic oxidation sites excluding steroid dienone is 2. The lowest BCUT2D eigenvalue weighted by Crippen LogP contribution is -2.29. The molecule has 1 heteroatoms. The molecule has 0 aromatic rings. The molecule has 0 saturated heterocycles. The summed E-state index contributed by atoms with van der Waals surface area (Å²) in [4.78, 5) is 0. The average molecular weight is 234 g/mol. The zero-order valence-corrected chi connectivity index (χ0v) is 11.3. The van der Waals surface area contributed by atoms with Gasteiger partial charge >= 0.3 is 0 Å². The minimum atomic E-state index is 0.163. The van der Waals surface area contributed by atoms with E-state index in [0.29, 0.717) is 11.3 Å². The highest BCUT2D eigenvalue weighted by molar-refractivity contribution is 5.21. The van der Waals surface area contributed by atoms with Crippen molar-refractivity contribution in [2.45, 2.75) is 52.4 Å². The maximum absolute atomic E-state index is 9.24. The molecule has 96 valence electrons. The summed E-state index contributed by atoms with van der Waals surface area (Å²) >= 11 is 0. The highest BCUT2D eigenvalue weighted by Gasteiger charge is 2.38. The fourth-order valence-electron chi connectivity index (χ4n) is 3.66. The van der Waals surface area contributed by atoms with Crippen LogP contribution in [0.4, 0.5) is 0 Å². The summed E-state index contributed by atoms with van der Waals surface area (Å²) in [5, 5.41) is 9.24. The fraction of sp³-hybridized carbons (Fsp3) is 0.750. The Morgan fingerprint density at radius 2 is 2.24 bits per heavy atom. The largest absolute Gasteiger partial charge is 0.392 e. The topological polar surface area (TPSA) is 20.2 Å². The van der Waals surface area contributed by atoms with Crippen LogP contribution in [0.15, 0.2) is 23.8 Å². The first-order valence-corrected chi connectivity index (χ1v) is 7.06. The highest BCUT2D eigenvalue weighted by atomic mass is 16.3. The monoisotopic (exact) mass is 234 g/mol. The summed E-state index contributed by atoms with van der Waals surface area (Å²) in [6, 6.07) is 0. The molecule has 0 aromatic heterocycles. The first-order valence-electron chi connectivity index (χ1n) is 7.06. The van der Waals surface area contributed by atoms with Crippen LogP contribution in [0.5, 0.6) is 0 Å². The summed E-state index contributed by atoms with van der Waals surface area (Å²) < 4.78 is 0. The first kappa shape index (κ1) is 12.9.